The third kappa shape index (κ3) is 3.88. The standard InChI is InChI=1S/C14H15N3O4/c18-12(13(19)17-16-9-5-1-2-6-9)15-11-8-4-3-7-10(11)14(20)21/h3-4,7-8H,1-2,5-6H2,(H,15,18)(H,17,19)(H,20,21). The number of hydrazone groups is 1. The average molecular weight is 289 g/mol. The van der Waals surface area contributed by atoms with Crippen molar-refractivity contribution in [1.29, 1.82) is 0 Å². The second-order valence-corrected chi connectivity index (χ2v) is 4.63. The third-order valence-corrected chi connectivity index (χ3v) is 3.11. The number of nitrogens with one attached hydrogen (secondary N) is 2. The lowest BCUT2D eigenvalue weighted by Crippen LogP contribution is -2.33. The highest BCUT2D eigenvalue weighted by molar-refractivity contribution is 6.40. The van der Waals surface area contributed by atoms with Crippen LogP contribution in [-0.2, 0) is 9.59 Å². The minimum atomic E-state index is -1.18. The molecule has 1 aliphatic rings. The smallest absolute Gasteiger partial charge is 0.337 e. The Balaban J connectivity index is 1.99. The first-order chi connectivity index (χ1) is 10.1. The number of hydrogen-bond donors (Lipinski definition) is 3. The molecule has 1 aromatic rings. The molecule has 1 aliphatic carbocycles. The highest BCUT2D eigenvalue weighted by Gasteiger charge is 2.17. The molecule has 2 amide bonds. The lowest BCUT2D eigenvalue weighted by Gasteiger charge is -2.07. The van der Waals surface area contributed by atoms with Gasteiger partial charge in [0.15, 0.2) is 0 Å². The SMILES string of the molecule is O=C(NN=C1CCCC1)C(=O)Nc1ccccc1C(=O)O. The summed E-state index contributed by atoms with van der Waals surface area (Å²) >= 11 is 0. The monoisotopic (exact) mass is 289 g/mol. The number of para-hydroxylation sites is 1. The van der Waals surface area contributed by atoms with Crippen LogP contribution in [0, 0.1) is 0 Å². The number of carbonyl (C=O) groups excluding carboxylic acids is 2. The van der Waals surface area contributed by atoms with Gasteiger partial charge in [-0.15, -0.1) is 0 Å². The molecule has 0 unspecified atom stereocenters. The molecule has 1 fully saturated rings. The fraction of sp³-hybridized carbons (Fsp3) is 0.286. The van der Waals surface area contributed by atoms with E-state index >= 15 is 0 Å². The van der Waals surface area contributed by atoms with Crippen molar-refractivity contribution in [1.82, 2.24) is 5.43 Å². The number of carboxylic acid groups (broad SMARTS) is 1. The molecule has 0 heterocycles. The first-order valence-corrected chi connectivity index (χ1v) is 6.57. The summed E-state index contributed by atoms with van der Waals surface area (Å²) in [6, 6.07) is 5.86. The van der Waals surface area contributed by atoms with Gasteiger partial charge in [-0.3, -0.25) is 9.59 Å². The summed E-state index contributed by atoms with van der Waals surface area (Å²) in [4.78, 5) is 34.3. The highest BCUT2D eigenvalue weighted by atomic mass is 16.4. The number of benzene rings is 1. The van der Waals surface area contributed by atoms with Crippen LogP contribution in [0.2, 0.25) is 0 Å². The van der Waals surface area contributed by atoms with Crippen LogP contribution in [-0.4, -0.2) is 28.6 Å². The number of aromatic carboxylic acids is 1. The topological polar surface area (TPSA) is 108 Å². The Morgan fingerprint density at radius 2 is 1.71 bits per heavy atom. The van der Waals surface area contributed by atoms with Crippen LogP contribution in [0.5, 0.6) is 0 Å². The largest absolute Gasteiger partial charge is 0.478 e. The van der Waals surface area contributed by atoms with Gasteiger partial charge in [-0.05, 0) is 37.8 Å². The van der Waals surface area contributed by atoms with Crippen LogP contribution in [0.1, 0.15) is 36.0 Å². The molecule has 110 valence electrons. The van der Waals surface area contributed by atoms with E-state index in [2.05, 4.69) is 15.8 Å². The van der Waals surface area contributed by atoms with E-state index in [-0.39, 0.29) is 11.3 Å². The third-order valence-electron chi connectivity index (χ3n) is 3.11. The summed E-state index contributed by atoms with van der Waals surface area (Å²) in [5, 5.41) is 15.1. The van der Waals surface area contributed by atoms with Crippen LogP contribution >= 0.6 is 0 Å². The second-order valence-electron chi connectivity index (χ2n) is 4.63. The molecular formula is C14H15N3O4. The van der Waals surface area contributed by atoms with Gasteiger partial charge >= 0.3 is 17.8 Å². The molecule has 0 radical (unpaired) electrons. The Kier molecular flexibility index (Phi) is 4.65. The van der Waals surface area contributed by atoms with Gasteiger partial charge in [0, 0.05) is 5.71 Å². The van der Waals surface area contributed by atoms with E-state index in [1.807, 2.05) is 0 Å². The fourth-order valence-electron chi connectivity index (χ4n) is 2.03. The molecule has 1 saturated carbocycles. The van der Waals surface area contributed by atoms with Gasteiger partial charge in [0.1, 0.15) is 0 Å². The molecule has 3 N–H and O–H groups in total. The zero-order chi connectivity index (χ0) is 15.2. The van der Waals surface area contributed by atoms with Gasteiger partial charge in [0.05, 0.1) is 11.3 Å². The van der Waals surface area contributed by atoms with Crippen LogP contribution in [0.25, 0.3) is 0 Å². The number of amides is 2. The first kappa shape index (κ1) is 14.7. The zero-order valence-electron chi connectivity index (χ0n) is 11.3. The Bertz CT molecular complexity index is 602. The zero-order valence-corrected chi connectivity index (χ0v) is 11.3. The van der Waals surface area contributed by atoms with E-state index in [1.165, 1.54) is 18.2 Å². The normalized spacial score (nSPS) is 13.6. The van der Waals surface area contributed by atoms with E-state index in [9.17, 15) is 14.4 Å². The van der Waals surface area contributed by atoms with Gasteiger partial charge in [-0.2, -0.15) is 5.10 Å². The second kappa shape index (κ2) is 6.65. The average Bonchev–Trinajstić information content (AvgIpc) is 2.98. The van der Waals surface area contributed by atoms with Crippen molar-refractivity contribution in [3.05, 3.63) is 29.8 Å². The van der Waals surface area contributed by atoms with E-state index in [0.29, 0.717) is 0 Å². The predicted molar refractivity (Wildman–Crippen MR) is 76.1 cm³/mol. The molecule has 0 aliphatic heterocycles. The Labute approximate surface area is 121 Å². The molecular weight excluding hydrogens is 274 g/mol. The van der Waals surface area contributed by atoms with E-state index < -0.39 is 17.8 Å². The number of hydrogen-bond acceptors (Lipinski definition) is 4. The van der Waals surface area contributed by atoms with Crippen molar-refractivity contribution in [2.24, 2.45) is 5.10 Å². The van der Waals surface area contributed by atoms with Crippen molar-refractivity contribution in [2.45, 2.75) is 25.7 Å². The summed E-state index contributed by atoms with van der Waals surface area (Å²) < 4.78 is 0. The van der Waals surface area contributed by atoms with E-state index in [4.69, 9.17) is 5.11 Å². The molecule has 2 rings (SSSR count). The van der Waals surface area contributed by atoms with Gasteiger partial charge in [-0.25, -0.2) is 10.2 Å². The summed E-state index contributed by atoms with van der Waals surface area (Å²) in [5.74, 6) is -3.06. The summed E-state index contributed by atoms with van der Waals surface area (Å²) in [7, 11) is 0. The summed E-state index contributed by atoms with van der Waals surface area (Å²) in [6.07, 6.45) is 3.72. The molecule has 0 spiro atoms. The Morgan fingerprint density at radius 3 is 2.38 bits per heavy atom. The van der Waals surface area contributed by atoms with Crippen molar-refractivity contribution >= 4 is 29.2 Å². The van der Waals surface area contributed by atoms with Crippen molar-refractivity contribution in [3.8, 4) is 0 Å². The summed E-state index contributed by atoms with van der Waals surface area (Å²) in [6.45, 7) is 0. The van der Waals surface area contributed by atoms with E-state index in [0.717, 1.165) is 31.4 Å². The maximum Gasteiger partial charge on any atom is 0.337 e. The van der Waals surface area contributed by atoms with Crippen LogP contribution < -0.4 is 10.7 Å². The maximum atomic E-state index is 11.7. The van der Waals surface area contributed by atoms with Crippen LogP contribution in [0.4, 0.5) is 5.69 Å². The lowest BCUT2D eigenvalue weighted by atomic mass is 10.2. The molecule has 7 nitrogen and oxygen atoms in total. The Morgan fingerprint density at radius 1 is 1.05 bits per heavy atom. The summed E-state index contributed by atoms with van der Waals surface area (Å²) in [5.41, 5.74) is 3.03. The fourth-order valence-corrected chi connectivity index (χ4v) is 2.03. The minimum absolute atomic E-state index is 0.0682. The molecule has 7 heteroatoms. The van der Waals surface area contributed by atoms with Gasteiger partial charge in [-0.1, -0.05) is 12.1 Å². The molecule has 0 saturated heterocycles. The van der Waals surface area contributed by atoms with Crippen molar-refractivity contribution < 1.29 is 19.5 Å². The van der Waals surface area contributed by atoms with Crippen molar-refractivity contribution in [3.63, 3.8) is 0 Å². The van der Waals surface area contributed by atoms with Gasteiger partial charge < -0.3 is 10.4 Å². The molecule has 1 aromatic carbocycles. The quantitative estimate of drug-likeness (QED) is 0.577. The Hall–Kier alpha value is -2.70. The van der Waals surface area contributed by atoms with Crippen LogP contribution in [0.15, 0.2) is 29.4 Å². The van der Waals surface area contributed by atoms with Gasteiger partial charge in [0.25, 0.3) is 0 Å². The molecule has 0 aromatic heterocycles. The van der Waals surface area contributed by atoms with Crippen molar-refractivity contribution in [2.75, 3.05) is 5.32 Å². The number of carbonyl (C=O) groups is 3. The number of anilines is 1. The number of carboxylic acids is 1. The maximum absolute atomic E-state index is 11.7. The number of nitrogens with zero attached hydrogens (tertiary/aromatic N) is 1. The van der Waals surface area contributed by atoms with Crippen LogP contribution in [0.3, 0.4) is 0 Å². The highest BCUT2D eigenvalue weighted by Crippen LogP contribution is 2.15. The van der Waals surface area contributed by atoms with E-state index in [1.54, 1.807) is 6.07 Å². The molecule has 0 atom stereocenters. The molecule has 0 bridgehead atoms. The number of rotatable bonds is 3. The predicted octanol–water partition coefficient (Wildman–Crippen LogP) is 1.37. The van der Waals surface area contributed by atoms with Gasteiger partial charge in [0.2, 0.25) is 0 Å². The lowest BCUT2D eigenvalue weighted by molar-refractivity contribution is -0.136. The molecule has 21 heavy (non-hydrogen) atoms. The minimum Gasteiger partial charge on any atom is -0.478 e. The first-order valence-electron chi connectivity index (χ1n) is 6.57.